The fraction of sp³-hybridized carbons (Fsp3) is 0. The largest absolute Gasteiger partial charge is 0.382 e. The predicted molar refractivity (Wildman–Crippen MR) is 71.3 cm³/mol. The molecule has 7 heteroatoms. The Morgan fingerprint density at radius 2 is 2.28 bits per heavy atom. The third kappa shape index (κ3) is 1.19. The molecule has 0 atom stereocenters. The second-order valence-corrected chi connectivity index (χ2v) is 4.97. The summed E-state index contributed by atoms with van der Waals surface area (Å²) in [6.07, 6.45) is 3.37. The van der Waals surface area contributed by atoms with Crippen molar-refractivity contribution in [3.63, 3.8) is 0 Å². The van der Waals surface area contributed by atoms with Gasteiger partial charge in [0.15, 0.2) is 5.82 Å². The van der Waals surface area contributed by atoms with Crippen molar-refractivity contribution in [3.05, 3.63) is 24.7 Å². The molecule has 0 aromatic carbocycles. The van der Waals surface area contributed by atoms with Crippen LogP contribution in [-0.4, -0.2) is 25.1 Å². The van der Waals surface area contributed by atoms with Crippen LogP contribution in [0.1, 0.15) is 0 Å². The first-order valence-corrected chi connectivity index (χ1v) is 6.16. The van der Waals surface area contributed by atoms with E-state index in [2.05, 4.69) is 25.1 Å². The van der Waals surface area contributed by atoms with Crippen LogP contribution >= 0.6 is 11.3 Å². The summed E-state index contributed by atoms with van der Waals surface area (Å²) in [7, 11) is 0. The van der Waals surface area contributed by atoms with Gasteiger partial charge in [0.1, 0.15) is 5.52 Å². The van der Waals surface area contributed by atoms with Crippen LogP contribution in [0.15, 0.2) is 24.7 Å². The molecule has 18 heavy (non-hydrogen) atoms. The molecule has 4 aromatic heterocycles. The minimum atomic E-state index is 0.452. The molecule has 0 aliphatic rings. The molecular formula is C11H8N6S. The summed E-state index contributed by atoms with van der Waals surface area (Å²) in [6, 6.07) is 3.93. The van der Waals surface area contributed by atoms with E-state index in [1.807, 2.05) is 12.1 Å². The van der Waals surface area contributed by atoms with Crippen molar-refractivity contribution in [2.45, 2.75) is 0 Å². The molecule has 0 unspecified atom stereocenters. The molecule has 0 bridgehead atoms. The van der Waals surface area contributed by atoms with Crippen molar-refractivity contribution in [1.29, 1.82) is 0 Å². The van der Waals surface area contributed by atoms with Gasteiger partial charge in [0.05, 0.1) is 32.6 Å². The Morgan fingerprint density at radius 1 is 1.33 bits per heavy atom. The Bertz CT molecular complexity index is 841. The molecule has 6 nitrogen and oxygen atoms in total. The van der Waals surface area contributed by atoms with Crippen LogP contribution in [0.2, 0.25) is 0 Å². The highest BCUT2D eigenvalue weighted by molar-refractivity contribution is 7.23. The second-order valence-electron chi connectivity index (χ2n) is 3.92. The summed E-state index contributed by atoms with van der Waals surface area (Å²) in [5, 5.41) is 6.90. The van der Waals surface area contributed by atoms with Crippen LogP contribution in [-0.2, 0) is 0 Å². The number of nitrogens with two attached hydrogens (primary N) is 1. The normalized spacial score (nSPS) is 11.6. The Hall–Kier alpha value is -2.41. The van der Waals surface area contributed by atoms with Gasteiger partial charge in [-0.1, -0.05) is 0 Å². The average molecular weight is 256 g/mol. The number of rotatable bonds is 1. The number of nitrogens with zero attached hydrogens (tertiary/aromatic N) is 3. The first-order chi connectivity index (χ1) is 8.83. The van der Waals surface area contributed by atoms with Gasteiger partial charge >= 0.3 is 0 Å². The highest BCUT2D eigenvalue weighted by atomic mass is 32.1. The Kier molecular flexibility index (Phi) is 1.76. The van der Waals surface area contributed by atoms with E-state index in [4.69, 9.17) is 5.73 Å². The molecule has 0 spiro atoms. The number of hydrogen-bond donors (Lipinski definition) is 3. The lowest BCUT2D eigenvalue weighted by Crippen LogP contribution is -1.91. The lowest BCUT2D eigenvalue weighted by Gasteiger charge is -1.94. The number of aromatic amines is 2. The number of aromatic nitrogens is 5. The van der Waals surface area contributed by atoms with Crippen LogP contribution in [0, 0.1) is 0 Å². The summed E-state index contributed by atoms with van der Waals surface area (Å²) in [6.45, 7) is 0. The minimum absolute atomic E-state index is 0.452. The number of pyridine rings is 1. The molecular weight excluding hydrogens is 248 g/mol. The van der Waals surface area contributed by atoms with Crippen molar-refractivity contribution in [2.75, 3.05) is 5.73 Å². The molecule has 0 aliphatic heterocycles. The van der Waals surface area contributed by atoms with E-state index >= 15 is 0 Å². The molecule has 0 saturated carbocycles. The fourth-order valence-corrected chi connectivity index (χ4v) is 3.09. The van der Waals surface area contributed by atoms with Crippen molar-refractivity contribution in [2.24, 2.45) is 0 Å². The maximum Gasteiger partial charge on any atom is 0.152 e. The van der Waals surface area contributed by atoms with E-state index in [9.17, 15) is 0 Å². The van der Waals surface area contributed by atoms with Gasteiger partial charge in [-0.25, -0.2) is 9.97 Å². The summed E-state index contributed by atoms with van der Waals surface area (Å²) < 4.78 is 1.06. The van der Waals surface area contributed by atoms with Gasteiger partial charge in [-0.05, 0) is 12.1 Å². The molecule has 0 aliphatic carbocycles. The zero-order valence-corrected chi connectivity index (χ0v) is 9.95. The van der Waals surface area contributed by atoms with Crippen LogP contribution in [0.5, 0.6) is 0 Å². The van der Waals surface area contributed by atoms with E-state index < -0.39 is 0 Å². The number of thiophene rings is 1. The average Bonchev–Trinajstić information content (AvgIpc) is 3.08. The van der Waals surface area contributed by atoms with Gasteiger partial charge in [-0.15, -0.1) is 11.3 Å². The van der Waals surface area contributed by atoms with E-state index in [0.29, 0.717) is 5.82 Å². The second kappa shape index (κ2) is 3.30. The fourth-order valence-electron chi connectivity index (χ4n) is 2.01. The molecule has 0 fully saturated rings. The molecule has 4 rings (SSSR count). The first kappa shape index (κ1) is 9.60. The SMILES string of the molecule is Nc1nc2cc(-c3ccn[nH]3)sc2c2[nH]cnc12. The Labute approximate surface area is 105 Å². The molecule has 4 aromatic rings. The first-order valence-electron chi connectivity index (χ1n) is 5.35. The predicted octanol–water partition coefficient (Wildman–Crippen LogP) is 2.14. The highest BCUT2D eigenvalue weighted by Gasteiger charge is 2.13. The zero-order valence-electron chi connectivity index (χ0n) is 9.14. The van der Waals surface area contributed by atoms with Crippen molar-refractivity contribution in [1.82, 2.24) is 25.1 Å². The van der Waals surface area contributed by atoms with E-state index in [1.54, 1.807) is 23.9 Å². The molecule has 88 valence electrons. The molecule has 0 saturated heterocycles. The summed E-state index contributed by atoms with van der Waals surface area (Å²) in [5.41, 5.74) is 9.40. The van der Waals surface area contributed by atoms with E-state index in [1.165, 1.54) is 0 Å². The molecule has 0 amide bonds. The number of hydrogen-bond acceptors (Lipinski definition) is 5. The van der Waals surface area contributed by atoms with Gasteiger partial charge in [0.2, 0.25) is 0 Å². The molecule has 0 radical (unpaired) electrons. The number of anilines is 1. The lowest BCUT2D eigenvalue weighted by atomic mass is 10.3. The van der Waals surface area contributed by atoms with Crippen molar-refractivity contribution < 1.29 is 0 Å². The minimum Gasteiger partial charge on any atom is -0.382 e. The quantitative estimate of drug-likeness (QED) is 0.486. The molecule has 4 N–H and O–H groups in total. The number of nitrogens with one attached hydrogen (secondary N) is 2. The molecule has 4 heterocycles. The van der Waals surface area contributed by atoms with Gasteiger partial charge < -0.3 is 10.7 Å². The maximum atomic E-state index is 5.89. The summed E-state index contributed by atoms with van der Waals surface area (Å²) >= 11 is 1.64. The summed E-state index contributed by atoms with van der Waals surface area (Å²) in [4.78, 5) is 12.8. The van der Waals surface area contributed by atoms with E-state index in [0.717, 1.165) is 31.8 Å². The topological polar surface area (TPSA) is 96.3 Å². The van der Waals surface area contributed by atoms with E-state index in [-0.39, 0.29) is 0 Å². The van der Waals surface area contributed by atoms with Crippen molar-refractivity contribution >= 4 is 38.4 Å². The van der Waals surface area contributed by atoms with Crippen LogP contribution in [0.3, 0.4) is 0 Å². The number of fused-ring (bicyclic) bond motifs is 3. The van der Waals surface area contributed by atoms with Crippen LogP contribution in [0.4, 0.5) is 5.82 Å². The smallest absolute Gasteiger partial charge is 0.152 e. The monoisotopic (exact) mass is 256 g/mol. The highest BCUT2D eigenvalue weighted by Crippen LogP contribution is 2.36. The standard InChI is InChI=1S/C11H8N6S/c12-11-9-8(13-4-14-9)10-6(16-11)3-7(18-10)5-1-2-15-17-5/h1-4H,(H2,12,16)(H,13,14)(H,15,17). The maximum absolute atomic E-state index is 5.89. The van der Waals surface area contributed by atoms with Gasteiger partial charge in [0.25, 0.3) is 0 Å². The Morgan fingerprint density at radius 3 is 3.11 bits per heavy atom. The van der Waals surface area contributed by atoms with Gasteiger partial charge in [-0.2, -0.15) is 5.10 Å². The van der Waals surface area contributed by atoms with Crippen molar-refractivity contribution in [3.8, 4) is 10.6 Å². The summed E-state index contributed by atoms with van der Waals surface area (Å²) in [5.74, 6) is 0.452. The number of nitrogen functional groups attached to an aromatic ring is 1. The van der Waals surface area contributed by atoms with Crippen LogP contribution in [0.25, 0.3) is 31.8 Å². The zero-order chi connectivity index (χ0) is 12.1. The number of H-pyrrole nitrogens is 2. The third-order valence-electron chi connectivity index (χ3n) is 2.83. The van der Waals surface area contributed by atoms with Gasteiger partial charge in [0, 0.05) is 6.20 Å². The lowest BCUT2D eigenvalue weighted by molar-refractivity contribution is 1.10. The number of imidazole rings is 1. The van der Waals surface area contributed by atoms with Crippen LogP contribution < -0.4 is 5.73 Å². The Balaban J connectivity index is 2.11. The third-order valence-corrected chi connectivity index (χ3v) is 4.00. The van der Waals surface area contributed by atoms with Gasteiger partial charge in [-0.3, -0.25) is 5.10 Å².